The number of phenols is 1. The van der Waals surface area contributed by atoms with E-state index in [0.717, 1.165) is 5.56 Å². The van der Waals surface area contributed by atoms with Crippen LogP contribution in [0.3, 0.4) is 0 Å². The molecule has 0 aliphatic carbocycles. The van der Waals surface area contributed by atoms with Gasteiger partial charge in [0.25, 0.3) is 0 Å². The topological polar surface area (TPSA) is 171 Å². The maximum absolute atomic E-state index is 12.9. The number of aromatic hydroxyl groups is 1. The minimum absolute atomic E-state index is 0.104. The first kappa shape index (κ1) is 29.2. The van der Waals surface area contributed by atoms with Crippen molar-refractivity contribution in [2.24, 2.45) is 11.7 Å². The van der Waals surface area contributed by atoms with Crippen molar-refractivity contribution in [2.75, 3.05) is 12.0 Å². The van der Waals surface area contributed by atoms with Crippen LogP contribution in [0.2, 0.25) is 0 Å². The number of nitrogens with two attached hydrogens (primary N) is 1. The summed E-state index contributed by atoms with van der Waals surface area (Å²) in [5.74, 6) is -2.43. The summed E-state index contributed by atoms with van der Waals surface area (Å²) in [7, 11) is 0. The number of rotatable bonds is 14. The number of hydrogen-bond donors (Lipinski definition) is 6. The van der Waals surface area contributed by atoms with Gasteiger partial charge in [0.05, 0.1) is 6.04 Å². The van der Waals surface area contributed by atoms with E-state index in [4.69, 9.17) is 5.73 Å². The van der Waals surface area contributed by atoms with Gasteiger partial charge in [0.2, 0.25) is 17.7 Å². The van der Waals surface area contributed by atoms with Crippen LogP contribution in [0.25, 0.3) is 0 Å². The molecule has 11 heteroatoms. The first-order valence-electron chi connectivity index (χ1n) is 11.2. The number of amides is 3. The number of phenolic OH excluding ortho intramolecular Hbond substituents is 1. The summed E-state index contributed by atoms with van der Waals surface area (Å²) >= 11 is 1.47. The SMILES string of the molecule is CCC(C)C(NC(=O)C(N)Cc1ccc(O)cc1)C(=O)NC(C)C(=O)NC(CCSC)C(=O)O. The Bertz CT molecular complexity index is 835. The predicted molar refractivity (Wildman–Crippen MR) is 131 cm³/mol. The molecule has 0 heterocycles. The van der Waals surface area contributed by atoms with Crippen molar-refractivity contribution in [2.45, 2.75) is 64.2 Å². The molecule has 0 fully saturated rings. The molecule has 0 saturated heterocycles. The Balaban J connectivity index is 2.78. The highest BCUT2D eigenvalue weighted by atomic mass is 32.2. The number of benzene rings is 1. The molecule has 1 aromatic carbocycles. The maximum Gasteiger partial charge on any atom is 0.326 e. The van der Waals surface area contributed by atoms with Gasteiger partial charge >= 0.3 is 5.97 Å². The Morgan fingerprint density at radius 1 is 1.00 bits per heavy atom. The van der Waals surface area contributed by atoms with Crippen LogP contribution in [0, 0.1) is 5.92 Å². The average Bonchev–Trinajstić information content (AvgIpc) is 2.80. The van der Waals surface area contributed by atoms with E-state index in [9.17, 15) is 29.4 Å². The fraction of sp³-hybridized carbons (Fsp3) is 0.565. The molecule has 0 spiro atoms. The molecule has 34 heavy (non-hydrogen) atoms. The van der Waals surface area contributed by atoms with Crippen molar-refractivity contribution in [3.63, 3.8) is 0 Å². The zero-order valence-corrected chi connectivity index (χ0v) is 20.9. The number of nitrogens with one attached hydrogen (secondary N) is 3. The summed E-state index contributed by atoms with van der Waals surface area (Å²) in [5, 5.41) is 26.3. The lowest BCUT2D eigenvalue weighted by Crippen LogP contribution is -2.58. The summed E-state index contributed by atoms with van der Waals surface area (Å²) in [6, 6.07) is 2.41. The molecule has 0 aliphatic rings. The highest BCUT2D eigenvalue weighted by Gasteiger charge is 2.30. The number of aliphatic carboxylic acids is 1. The normalized spacial score (nSPS) is 15.3. The first-order chi connectivity index (χ1) is 16.0. The zero-order valence-electron chi connectivity index (χ0n) is 20.0. The standard InChI is InChI=1S/C23H36N4O6S/c1-5-13(2)19(27-21(30)17(24)12-15-6-8-16(28)9-7-15)22(31)25-14(3)20(29)26-18(23(32)33)10-11-34-4/h6-9,13-14,17-19,28H,5,10-12,24H2,1-4H3,(H,25,31)(H,26,29)(H,27,30)(H,32,33). The van der Waals surface area contributed by atoms with E-state index < -0.39 is 47.9 Å². The molecule has 5 unspecified atom stereocenters. The number of hydrogen-bond acceptors (Lipinski definition) is 7. The lowest BCUT2D eigenvalue weighted by Gasteiger charge is -2.27. The molecular weight excluding hydrogens is 460 g/mol. The quantitative estimate of drug-likeness (QED) is 0.218. The molecule has 190 valence electrons. The van der Waals surface area contributed by atoms with Crippen molar-refractivity contribution in [3.05, 3.63) is 29.8 Å². The molecule has 0 bridgehead atoms. The Hall–Kier alpha value is -2.79. The second-order valence-electron chi connectivity index (χ2n) is 8.26. The molecule has 0 aromatic heterocycles. The van der Waals surface area contributed by atoms with Gasteiger partial charge in [-0.05, 0) is 55.4 Å². The summed E-state index contributed by atoms with van der Waals surface area (Å²) in [6.45, 7) is 5.11. The van der Waals surface area contributed by atoms with Gasteiger partial charge in [-0.15, -0.1) is 0 Å². The molecule has 3 amide bonds. The van der Waals surface area contributed by atoms with Gasteiger partial charge in [0, 0.05) is 0 Å². The van der Waals surface area contributed by atoms with E-state index >= 15 is 0 Å². The molecule has 7 N–H and O–H groups in total. The molecular formula is C23H36N4O6S. The maximum atomic E-state index is 12.9. The number of carboxylic acid groups (broad SMARTS) is 1. The fourth-order valence-electron chi connectivity index (χ4n) is 3.10. The van der Waals surface area contributed by atoms with Gasteiger partial charge < -0.3 is 31.9 Å². The summed E-state index contributed by atoms with van der Waals surface area (Å²) < 4.78 is 0. The molecule has 1 rings (SSSR count). The molecule has 0 saturated carbocycles. The third kappa shape index (κ3) is 9.60. The van der Waals surface area contributed by atoms with E-state index in [2.05, 4.69) is 16.0 Å². The van der Waals surface area contributed by atoms with E-state index in [0.29, 0.717) is 12.2 Å². The summed E-state index contributed by atoms with van der Waals surface area (Å²) in [4.78, 5) is 49.4. The predicted octanol–water partition coefficient (Wildman–Crippen LogP) is 0.620. The lowest BCUT2D eigenvalue weighted by atomic mass is 9.97. The van der Waals surface area contributed by atoms with Crippen LogP contribution >= 0.6 is 11.8 Å². The van der Waals surface area contributed by atoms with Gasteiger partial charge in [-0.1, -0.05) is 32.4 Å². The van der Waals surface area contributed by atoms with Crippen LogP contribution in [0.1, 0.15) is 39.2 Å². The Labute approximate surface area is 204 Å². The monoisotopic (exact) mass is 496 g/mol. The molecule has 0 radical (unpaired) electrons. The minimum atomic E-state index is -1.15. The van der Waals surface area contributed by atoms with Gasteiger partial charge in [0.1, 0.15) is 23.9 Å². The van der Waals surface area contributed by atoms with Crippen molar-refractivity contribution >= 4 is 35.5 Å². The molecule has 0 aliphatic heterocycles. The molecule has 1 aromatic rings. The zero-order chi connectivity index (χ0) is 25.8. The number of carboxylic acids is 1. The summed E-state index contributed by atoms with van der Waals surface area (Å²) in [5.41, 5.74) is 6.78. The number of carbonyl (C=O) groups excluding carboxylic acids is 3. The molecule has 10 nitrogen and oxygen atoms in total. The van der Waals surface area contributed by atoms with Crippen molar-refractivity contribution in [1.29, 1.82) is 0 Å². The molecule has 5 atom stereocenters. The Morgan fingerprint density at radius 2 is 1.62 bits per heavy atom. The third-order valence-electron chi connectivity index (χ3n) is 5.50. The first-order valence-corrected chi connectivity index (χ1v) is 12.6. The minimum Gasteiger partial charge on any atom is -0.508 e. The van der Waals surface area contributed by atoms with Gasteiger partial charge in [-0.3, -0.25) is 14.4 Å². The van der Waals surface area contributed by atoms with Crippen LogP contribution in [0.5, 0.6) is 5.75 Å². The number of thioether (sulfide) groups is 1. The highest BCUT2D eigenvalue weighted by Crippen LogP contribution is 2.12. The average molecular weight is 497 g/mol. The van der Waals surface area contributed by atoms with Crippen LogP contribution in [-0.2, 0) is 25.6 Å². The van der Waals surface area contributed by atoms with E-state index in [-0.39, 0.29) is 24.5 Å². The van der Waals surface area contributed by atoms with E-state index in [1.54, 1.807) is 19.1 Å². The van der Waals surface area contributed by atoms with Crippen LogP contribution in [0.15, 0.2) is 24.3 Å². The van der Waals surface area contributed by atoms with Gasteiger partial charge in [-0.25, -0.2) is 4.79 Å². The van der Waals surface area contributed by atoms with Crippen molar-refractivity contribution in [1.82, 2.24) is 16.0 Å². The Kier molecular flexibility index (Phi) is 12.4. The second kappa shape index (κ2) is 14.5. The van der Waals surface area contributed by atoms with E-state index in [1.165, 1.54) is 30.8 Å². The van der Waals surface area contributed by atoms with Gasteiger partial charge in [0.15, 0.2) is 0 Å². The Morgan fingerprint density at radius 3 is 2.15 bits per heavy atom. The smallest absolute Gasteiger partial charge is 0.326 e. The van der Waals surface area contributed by atoms with E-state index in [1.807, 2.05) is 13.2 Å². The van der Waals surface area contributed by atoms with Crippen molar-refractivity contribution < 1.29 is 29.4 Å². The summed E-state index contributed by atoms with van der Waals surface area (Å²) in [6.07, 6.45) is 2.89. The highest BCUT2D eigenvalue weighted by molar-refractivity contribution is 7.98. The number of carbonyl (C=O) groups is 4. The fourth-order valence-corrected chi connectivity index (χ4v) is 3.57. The van der Waals surface area contributed by atoms with Gasteiger partial charge in [-0.2, -0.15) is 11.8 Å². The second-order valence-corrected chi connectivity index (χ2v) is 9.25. The lowest BCUT2D eigenvalue weighted by molar-refractivity contribution is -0.142. The van der Waals surface area contributed by atoms with Crippen molar-refractivity contribution in [3.8, 4) is 5.75 Å². The van der Waals surface area contributed by atoms with Crippen LogP contribution in [-0.4, -0.2) is 70.1 Å². The largest absolute Gasteiger partial charge is 0.508 e. The van der Waals surface area contributed by atoms with Crippen LogP contribution in [0.4, 0.5) is 0 Å². The third-order valence-corrected chi connectivity index (χ3v) is 6.14. The van der Waals surface area contributed by atoms with Crippen LogP contribution < -0.4 is 21.7 Å².